The summed E-state index contributed by atoms with van der Waals surface area (Å²) in [6, 6.07) is 4.61. The van der Waals surface area contributed by atoms with Crippen molar-refractivity contribution in [3.63, 3.8) is 0 Å². The van der Waals surface area contributed by atoms with Crippen LogP contribution in [0.3, 0.4) is 0 Å². The van der Waals surface area contributed by atoms with Gasteiger partial charge in [-0.15, -0.1) is 0 Å². The number of nitrogens with zero attached hydrogens (tertiary/aromatic N) is 1. The van der Waals surface area contributed by atoms with E-state index in [4.69, 9.17) is 10.4 Å². The predicted molar refractivity (Wildman–Crippen MR) is 69.4 cm³/mol. The van der Waals surface area contributed by atoms with Crippen molar-refractivity contribution in [1.29, 1.82) is 5.26 Å². The summed E-state index contributed by atoms with van der Waals surface area (Å²) in [4.78, 5) is 10.1. The molecule has 108 valence electrons. The quantitative estimate of drug-likeness (QED) is 0.899. The Morgan fingerprint density at radius 2 is 2.05 bits per heavy atom. The molecule has 0 saturated carbocycles. The van der Waals surface area contributed by atoms with Gasteiger partial charge in [-0.05, 0) is 38.5 Å². The first-order chi connectivity index (χ1) is 9.09. The molecule has 0 aliphatic rings. The van der Waals surface area contributed by atoms with Crippen LogP contribution in [0.2, 0.25) is 0 Å². The molecule has 0 unspecified atom stereocenters. The van der Waals surface area contributed by atoms with Crippen molar-refractivity contribution >= 4 is 15.8 Å². The minimum atomic E-state index is -3.90. The molecule has 1 aromatic rings. The van der Waals surface area contributed by atoms with Gasteiger partial charge in [0.1, 0.15) is 10.7 Å². The Morgan fingerprint density at radius 1 is 1.45 bits per heavy atom. The Kier molecular flexibility index (Phi) is 4.50. The molecule has 0 aliphatic heterocycles. The SMILES string of the molecule is CC(C)(C#N)CCS(=O)(=O)c1ccc(C(=O)O)cc1F. The van der Waals surface area contributed by atoms with Crippen LogP contribution in [0.25, 0.3) is 0 Å². The Bertz CT molecular complexity index is 674. The van der Waals surface area contributed by atoms with Crippen molar-refractivity contribution in [3.8, 4) is 6.07 Å². The van der Waals surface area contributed by atoms with Crippen LogP contribution >= 0.6 is 0 Å². The molecule has 1 aromatic carbocycles. The first-order valence-corrected chi connectivity index (χ1v) is 7.41. The molecule has 1 rings (SSSR count). The van der Waals surface area contributed by atoms with E-state index in [9.17, 15) is 17.6 Å². The Hall–Kier alpha value is -1.94. The van der Waals surface area contributed by atoms with Gasteiger partial charge in [-0.3, -0.25) is 0 Å². The average molecular weight is 299 g/mol. The highest BCUT2D eigenvalue weighted by molar-refractivity contribution is 7.91. The zero-order valence-electron chi connectivity index (χ0n) is 11.1. The molecule has 0 amide bonds. The maximum atomic E-state index is 13.7. The lowest BCUT2D eigenvalue weighted by Crippen LogP contribution is -2.17. The monoisotopic (exact) mass is 299 g/mol. The Morgan fingerprint density at radius 3 is 2.50 bits per heavy atom. The molecule has 7 heteroatoms. The van der Waals surface area contributed by atoms with Gasteiger partial charge in [0.05, 0.1) is 22.8 Å². The van der Waals surface area contributed by atoms with E-state index in [-0.39, 0.29) is 17.7 Å². The lowest BCUT2D eigenvalue weighted by Gasteiger charge is -2.15. The predicted octanol–water partition coefficient (Wildman–Crippen LogP) is 2.24. The highest BCUT2D eigenvalue weighted by Gasteiger charge is 2.25. The van der Waals surface area contributed by atoms with Gasteiger partial charge in [-0.1, -0.05) is 0 Å². The third-order valence-electron chi connectivity index (χ3n) is 2.81. The van der Waals surface area contributed by atoms with E-state index >= 15 is 0 Å². The lowest BCUT2D eigenvalue weighted by molar-refractivity contribution is 0.0696. The number of aromatic carboxylic acids is 1. The number of sulfone groups is 1. The fourth-order valence-electron chi connectivity index (χ4n) is 1.44. The molecule has 0 heterocycles. The molecular weight excluding hydrogens is 285 g/mol. The van der Waals surface area contributed by atoms with E-state index in [0.29, 0.717) is 6.07 Å². The smallest absolute Gasteiger partial charge is 0.335 e. The van der Waals surface area contributed by atoms with Crippen LogP contribution in [0.4, 0.5) is 4.39 Å². The lowest BCUT2D eigenvalue weighted by atomic mass is 9.93. The zero-order valence-corrected chi connectivity index (χ0v) is 11.9. The van der Waals surface area contributed by atoms with Crippen LogP contribution in [0.5, 0.6) is 0 Å². The van der Waals surface area contributed by atoms with E-state index in [2.05, 4.69) is 0 Å². The fraction of sp³-hybridized carbons (Fsp3) is 0.385. The number of rotatable bonds is 5. The van der Waals surface area contributed by atoms with Gasteiger partial charge < -0.3 is 5.11 Å². The molecule has 0 radical (unpaired) electrons. The fourth-order valence-corrected chi connectivity index (χ4v) is 3.07. The van der Waals surface area contributed by atoms with Crippen LogP contribution in [0.1, 0.15) is 30.6 Å². The van der Waals surface area contributed by atoms with E-state index in [0.717, 1.165) is 12.1 Å². The number of carbonyl (C=O) groups is 1. The molecular formula is C13H14FNO4S. The van der Waals surface area contributed by atoms with Crippen molar-refractivity contribution in [2.45, 2.75) is 25.2 Å². The number of benzene rings is 1. The van der Waals surface area contributed by atoms with Gasteiger partial charge in [0, 0.05) is 0 Å². The minimum Gasteiger partial charge on any atom is -0.478 e. The number of carboxylic acid groups (broad SMARTS) is 1. The highest BCUT2D eigenvalue weighted by atomic mass is 32.2. The van der Waals surface area contributed by atoms with Crippen molar-refractivity contribution in [1.82, 2.24) is 0 Å². The second-order valence-corrected chi connectivity index (χ2v) is 7.09. The number of hydrogen-bond donors (Lipinski definition) is 1. The van der Waals surface area contributed by atoms with Gasteiger partial charge >= 0.3 is 5.97 Å². The summed E-state index contributed by atoms with van der Waals surface area (Å²) in [5, 5.41) is 17.5. The molecule has 5 nitrogen and oxygen atoms in total. The third kappa shape index (κ3) is 3.78. The summed E-state index contributed by atoms with van der Waals surface area (Å²) in [7, 11) is -3.90. The maximum absolute atomic E-state index is 13.7. The first-order valence-electron chi connectivity index (χ1n) is 5.76. The van der Waals surface area contributed by atoms with Crippen LogP contribution in [0.15, 0.2) is 23.1 Å². The minimum absolute atomic E-state index is 0.0615. The second-order valence-electron chi connectivity index (χ2n) is 5.01. The van der Waals surface area contributed by atoms with E-state index in [1.807, 2.05) is 6.07 Å². The van der Waals surface area contributed by atoms with Gasteiger partial charge in [-0.25, -0.2) is 17.6 Å². The normalized spacial score (nSPS) is 11.9. The van der Waals surface area contributed by atoms with Crippen molar-refractivity contribution in [3.05, 3.63) is 29.6 Å². The van der Waals surface area contributed by atoms with Gasteiger partial charge in [0.25, 0.3) is 0 Å². The molecule has 0 fully saturated rings. The molecule has 0 saturated heterocycles. The Balaban J connectivity index is 3.06. The van der Waals surface area contributed by atoms with E-state index in [1.165, 1.54) is 0 Å². The molecule has 1 N–H and O–H groups in total. The van der Waals surface area contributed by atoms with E-state index in [1.54, 1.807) is 13.8 Å². The number of halogens is 1. The maximum Gasteiger partial charge on any atom is 0.335 e. The first kappa shape index (κ1) is 16.1. The summed E-state index contributed by atoms with van der Waals surface area (Å²) in [5.74, 6) is -2.81. The van der Waals surface area contributed by atoms with Crippen molar-refractivity contribution < 1.29 is 22.7 Å². The average Bonchev–Trinajstić information content (AvgIpc) is 2.36. The number of hydrogen-bond acceptors (Lipinski definition) is 4. The van der Waals surface area contributed by atoms with Crippen molar-refractivity contribution in [2.75, 3.05) is 5.75 Å². The second kappa shape index (κ2) is 5.59. The summed E-state index contributed by atoms with van der Waals surface area (Å²) < 4.78 is 37.7. The molecule has 0 bridgehead atoms. The molecule has 0 spiro atoms. The van der Waals surface area contributed by atoms with Crippen LogP contribution in [-0.2, 0) is 9.84 Å². The van der Waals surface area contributed by atoms with Crippen LogP contribution in [-0.4, -0.2) is 25.2 Å². The molecule has 0 aliphatic carbocycles. The Labute approximate surface area is 116 Å². The standard InChI is InChI=1S/C13H14FNO4S/c1-13(2,8-15)5-6-20(18,19)11-4-3-9(12(16)17)7-10(11)14/h3-4,7H,5-6H2,1-2H3,(H,16,17). The zero-order chi connectivity index (χ0) is 15.6. The number of nitriles is 1. The largest absolute Gasteiger partial charge is 0.478 e. The molecule has 0 atom stereocenters. The number of carboxylic acids is 1. The summed E-state index contributed by atoms with van der Waals surface area (Å²) in [5.41, 5.74) is -1.15. The highest BCUT2D eigenvalue weighted by Crippen LogP contribution is 2.24. The van der Waals surface area contributed by atoms with Crippen LogP contribution < -0.4 is 0 Å². The molecule has 20 heavy (non-hydrogen) atoms. The van der Waals surface area contributed by atoms with Gasteiger partial charge in [0.15, 0.2) is 9.84 Å². The molecule has 0 aromatic heterocycles. The third-order valence-corrected chi connectivity index (χ3v) is 4.56. The topological polar surface area (TPSA) is 95.2 Å². The van der Waals surface area contributed by atoms with Gasteiger partial charge in [-0.2, -0.15) is 5.26 Å². The van der Waals surface area contributed by atoms with E-state index < -0.39 is 31.9 Å². The summed E-state index contributed by atoms with van der Waals surface area (Å²) in [6.07, 6.45) is 0.0615. The summed E-state index contributed by atoms with van der Waals surface area (Å²) in [6.45, 7) is 3.18. The summed E-state index contributed by atoms with van der Waals surface area (Å²) >= 11 is 0. The van der Waals surface area contributed by atoms with Crippen molar-refractivity contribution in [2.24, 2.45) is 5.41 Å². The van der Waals surface area contributed by atoms with Crippen LogP contribution in [0, 0.1) is 22.6 Å². The van der Waals surface area contributed by atoms with Gasteiger partial charge in [0.2, 0.25) is 0 Å².